The summed E-state index contributed by atoms with van der Waals surface area (Å²) in [6.45, 7) is 4.63. The predicted octanol–water partition coefficient (Wildman–Crippen LogP) is 6.42. The molecule has 1 amide bonds. The van der Waals surface area contributed by atoms with Crippen molar-refractivity contribution in [1.29, 1.82) is 0 Å². The zero-order chi connectivity index (χ0) is 23.1. The van der Waals surface area contributed by atoms with Gasteiger partial charge in [0.15, 0.2) is 18.1 Å². The molecule has 0 bridgehead atoms. The van der Waals surface area contributed by atoms with Crippen LogP contribution in [0.5, 0.6) is 11.5 Å². The SMILES string of the molecule is CCOc1cc(CNc2ccc(F)c(Cl)c2)cc(I)c1OCC(=O)Nc1cccc(C)c1. The van der Waals surface area contributed by atoms with Crippen LogP contribution >= 0.6 is 34.2 Å². The number of rotatable bonds is 9. The maximum Gasteiger partial charge on any atom is 0.262 e. The molecule has 0 radical (unpaired) electrons. The van der Waals surface area contributed by atoms with Crippen LogP contribution in [-0.4, -0.2) is 19.1 Å². The highest BCUT2D eigenvalue weighted by atomic mass is 127. The number of carbonyl (C=O) groups excluding carboxylic acids is 1. The Kier molecular flexibility index (Phi) is 8.58. The van der Waals surface area contributed by atoms with Gasteiger partial charge < -0.3 is 20.1 Å². The second-order valence-corrected chi connectivity index (χ2v) is 8.60. The molecular weight excluding hydrogens is 546 g/mol. The minimum absolute atomic E-state index is 0.0623. The van der Waals surface area contributed by atoms with E-state index in [1.54, 1.807) is 6.07 Å². The van der Waals surface area contributed by atoms with Crippen molar-refractivity contribution in [3.63, 3.8) is 0 Å². The minimum atomic E-state index is -0.460. The fourth-order valence-electron chi connectivity index (χ4n) is 2.99. The Bertz CT molecular complexity index is 1110. The molecule has 3 rings (SSSR count). The first-order chi connectivity index (χ1) is 15.4. The topological polar surface area (TPSA) is 59.6 Å². The van der Waals surface area contributed by atoms with Gasteiger partial charge in [0.05, 0.1) is 15.2 Å². The Hall–Kier alpha value is -2.52. The van der Waals surface area contributed by atoms with Gasteiger partial charge in [0.1, 0.15) is 5.82 Å². The van der Waals surface area contributed by atoms with E-state index < -0.39 is 5.82 Å². The summed E-state index contributed by atoms with van der Waals surface area (Å²) in [5, 5.41) is 6.10. The van der Waals surface area contributed by atoms with Gasteiger partial charge in [-0.1, -0.05) is 23.7 Å². The van der Waals surface area contributed by atoms with E-state index in [9.17, 15) is 9.18 Å². The van der Waals surface area contributed by atoms with Crippen LogP contribution < -0.4 is 20.1 Å². The fourth-order valence-corrected chi connectivity index (χ4v) is 4.00. The van der Waals surface area contributed by atoms with Crippen LogP contribution in [0.3, 0.4) is 0 Å². The van der Waals surface area contributed by atoms with Crippen molar-refractivity contribution in [3.8, 4) is 11.5 Å². The third kappa shape index (κ3) is 6.74. The zero-order valence-electron chi connectivity index (χ0n) is 17.7. The lowest BCUT2D eigenvalue weighted by Crippen LogP contribution is -2.20. The Balaban J connectivity index is 1.67. The van der Waals surface area contributed by atoms with E-state index in [0.29, 0.717) is 30.3 Å². The first-order valence-corrected chi connectivity index (χ1v) is 11.4. The molecule has 0 unspecified atom stereocenters. The lowest BCUT2D eigenvalue weighted by molar-refractivity contribution is -0.118. The van der Waals surface area contributed by atoms with Crippen molar-refractivity contribution < 1.29 is 18.7 Å². The van der Waals surface area contributed by atoms with E-state index in [1.807, 2.05) is 50.2 Å². The Morgan fingerprint density at radius 2 is 1.91 bits per heavy atom. The molecule has 0 spiro atoms. The molecule has 0 aliphatic carbocycles. The molecule has 0 aromatic heterocycles. The highest BCUT2D eigenvalue weighted by Gasteiger charge is 2.14. The van der Waals surface area contributed by atoms with E-state index in [1.165, 1.54) is 12.1 Å². The molecule has 3 aromatic carbocycles. The molecule has 0 aliphatic heterocycles. The van der Waals surface area contributed by atoms with Crippen LogP contribution in [-0.2, 0) is 11.3 Å². The zero-order valence-corrected chi connectivity index (χ0v) is 20.6. The maximum atomic E-state index is 13.3. The second-order valence-electron chi connectivity index (χ2n) is 7.03. The Labute approximate surface area is 205 Å². The molecule has 0 atom stereocenters. The van der Waals surface area contributed by atoms with Crippen LogP contribution in [0.2, 0.25) is 5.02 Å². The maximum absolute atomic E-state index is 13.3. The Morgan fingerprint density at radius 1 is 1.09 bits per heavy atom. The summed E-state index contributed by atoms with van der Waals surface area (Å²) in [5.41, 5.74) is 3.43. The largest absolute Gasteiger partial charge is 0.490 e. The van der Waals surface area contributed by atoms with E-state index in [4.69, 9.17) is 21.1 Å². The molecule has 2 N–H and O–H groups in total. The predicted molar refractivity (Wildman–Crippen MR) is 134 cm³/mol. The van der Waals surface area contributed by atoms with Gasteiger partial charge in [0.2, 0.25) is 0 Å². The van der Waals surface area contributed by atoms with Gasteiger partial charge in [-0.15, -0.1) is 0 Å². The number of anilines is 2. The van der Waals surface area contributed by atoms with E-state index in [2.05, 4.69) is 33.2 Å². The number of amides is 1. The highest BCUT2D eigenvalue weighted by Crippen LogP contribution is 2.34. The van der Waals surface area contributed by atoms with Crippen LogP contribution in [0.15, 0.2) is 54.6 Å². The molecule has 5 nitrogen and oxygen atoms in total. The molecule has 0 heterocycles. The smallest absolute Gasteiger partial charge is 0.262 e. The van der Waals surface area contributed by atoms with Crippen molar-refractivity contribution >= 4 is 51.5 Å². The molecule has 3 aromatic rings. The van der Waals surface area contributed by atoms with Crippen LogP contribution in [0.25, 0.3) is 0 Å². The number of halogens is 3. The standard InChI is InChI=1S/C24H23ClFIN2O3/c1-3-31-22-11-16(13-28-17-7-8-20(26)19(25)12-17)10-21(27)24(22)32-14-23(30)29-18-6-4-5-15(2)9-18/h4-12,28H,3,13-14H2,1-2H3,(H,29,30). The Morgan fingerprint density at radius 3 is 2.62 bits per heavy atom. The number of nitrogens with one attached hydrogen (secondary N) is 2. The van der Waals surface area contributed by atoms with Gasteiger partial charge >= 0.3 is 0 Å². The van der Waals surface area contributed by atoms with Crippen LogP contribution in [0.4, 0.5) is 15.8 Å². The molecule has 0 saturated carbocycles. The lowest BCUT2D eigenvalue weighted by atomic mass is 10.2. The average Bonchev–Trinajstić information content (AvgIpc) is 2.74. The van der Waals surface area contributed by atoms with Crippen molar-refractivity contribution in [2.75, 3.05) is 23.8 Å². The number of benzene rings is 3. The molecule has 168 valence electrons. The molecule has 32 heavy (non-hydrogen) atoms. The normalized spacial score (nSPS) is 10.5. The van der Waals surface area contributed by atoms with Gasteiger partial charge in [0.25, 0.3) is 5.91 Å². The van der Waals surface area contributed by atoms with Crippen molar-refractivity contribution in [2.24, 2.45) is 0 Å². The number of carbonyl (C=O) groups is 1. The first-order valence-electron chi connectivity index (χ1n) is 9.99. The van der Waals surface area contributed by atoms with Gasteiger partial charge in [-0.2, -0.15) is 0 Å². The molecule has 0 saturated heterocycles. The van der Waals surface area contributed by atoms with Crippen LogP contribution in [0.1, 0.15) is 18.1 Å². The number of aryl methyl sites for hydroxylation is 1. The van der Waals surface area contributed by atoms with Crippen molar-refractivity contribution in [1.82, 2.24) is 0 Å². The van der Waals surface area contributed by atoms with Gasteiger partial charge in [-0.3, -0.25) is 4.79 Å². The third-order valence-electron chi connectivity index (χ3n) is 4.43. The molecular formula is C24H23ClFIN2O3. The van der Waals surface area contributed by atoms with Crippen LogP contribution in [0, 0.1) is 16.3 Å². The van der Waals surface area contributed by atoms with Crippen molar-refractivity contribution in [3.05, 3.63) is 80.1 Å². The number of ether oxygens (including phenoxy) is 2. The summed E-state index contributed by atoms with van der Waals surface area (Å²) < 4.78 is 25.7. The van der Waals surface area contributed by atoms with E-state index in [0.717, 1.165) is 20.4 Å². The minimum Gasteiger partial charge on any atom is -0.490 e. The summed E-state index contributed by atoms with van der Waals surface area (Å²) >= 11 is 8.00. The second kappa shape index (κ2) is 11.4. The van der Waals surface area contributed by atoms with Gasteiger partial charge in [0, 0.05) is 17.9 Å². The third-order valence-corrected chi connectivity index (χ3v) is 5.53. The number of hydrogen-bond acceptors (Lipinski definition) is 4. The lowest BCUT2D eigenvalue weighted by Gasteiger charge is -2.16. The van der Waals surface area contributed by atoms with Gasteiger partial charge in [-0.05, 0) is 90.0 Å². The van der Waals surface area contributed by atoms with Gasteiger partial charge in [-0.25, -0.2) is 4.39 Å². The quantitative estimate of drug-likeness (QED) is 0.293. The first kappa shape index (κ1) is 24.1. The summed E-state index contributed by atoms with van der Waals surface area (Å²) in [6.07, 6.45) is 0. The van der Waals surface area contributed by atoms with E-state index in [-0.39, 0.29) is 17.5 Å². The summed E-state index contributed by atoms with van der Waals surface area (Å²) in [5.74, 6) is 0.350. The fraction of sp³-hybridized carbons (Fsp3) is 0.208. The average molecular weight is 569 g/mol. The highest BCUT2D eigenvalue weighted by molar-refractivity contribution is 14.1. The summed E-state index contributed by atoms with van der Waals surface area (Å²) in [4.78, 5) is 12.3. The number of hydrogen-bond donors (Lipinski definition) is 2. The summed E-state index contributed by atoms with van der Waals surface area (Å²) in [7, 11) is 0. The van der Waals surface area contributed by atoms with E-state index >= 15 is 0 Å². The molecule has 0 fully saturated rings. The monoisotopic (exact) mass is 568 g/mol. The summed E-state index contributed by atoms with van der Waals surface area (Å²) in [6, 6.07) is 15.8. The van der Waals surface area contributed by atoms with Crippen molar-refractivity contribution in [2.45, 2.75) is 20.4 Å². The molecule has 8 heteroatoms. The molecule has 0 aliphatic rings.